The molecule has 1 aliphatic heterocycles. The Hall–Kier alpha value is -0.970. The molecule has 0 aromatic heterocycles. The molecule has 0 unspecified atom stereocenters. The van der Waals surface area contributed by atoms with Gasteiger partial charge >= 0.3 is 6.03 Å². The molecule has 1 saturated heterocycles. The number of benzene rings is 1. The fraction of sp³-hybridized carbons (Fsp3) is 0.417. The van der Waals surface area contributed by atoms with Crippen LogP contribution in [0, 0.1) is 0 Å². The molecule has 0 saturated carbocycles. The van der Waals surface area contributed by atoms with Crippen molar-refractivity contribution in [2.75, 3.05) is 38.5 Å². The van der Waals surface area contributed by atoms with E-state index in [1.54, 1.807) is 23.1 Å². The summed E-state index contributed by atoms with van der Waals surface area (Å²) in [7, 11) is 2.13. The number of hydrogen-bond acceptors (Lipinski definition) is 1. The number of carbonyl (C=O) groups is 1. The highest BCUT2D eigenvalue weighted by Crippen LogP contribution is 2.25. The Morgan fingerprint density at radius 3 is 2.61 bits per heavy atom. The molecule has 0 atom stereocenters. The first-order valence-electron chi connectivity index (χ1n) is 5.88. The first-order valence-corrected chi connectivity index (χ1v) is 6.64. The van der Waals surface area contributed by atoms with Gasteiger partial charge in [-0.2, -0.15) is 0 Å². The quantitative estimate of drug-likeness (QED) is 0.804. The molecule has 6 heteroatoms. The largest absolute Gasteiger partial charge is 0.334 e. The number of quaternary nitrogens is 1. The summed E-state index contributed by atoms with van der Waals surface area (Å²) >= 11 is 11.8. The van der Waals surface area contributed by atoms with Crippen LogP contribution in [0.1, 0.15) is 0 Å². The molecule has 0 aliphatic carbocycles. The number of urea groups is 1. The second-order valence-corrected chi connectivity index (χ2v) is 5.34. The van der Waals surface area contributed by atoms with Gasteiger partial charge in [-0.1, -0.05) is 23.2 Å². The zero-order valence-corrected chi connectivity index (χ0v) is 11.7. The van der Waals surface area contributed by atoms with E-state index in [1.807, 2.05) is 0 Å². The lowest BCUT2D eigenvalue weighted by Crippen LogP contribution is -3.12. The molecule has 0 bridgehead atoms. The summed E-state index contributed by atoms with van der Waals surface area (Å²) in [5.74, 6) is 0. The van der Waals surface area contributed by atoms with Crippen molar-refractivity contribution in [2.24, 2.45) is 0 Å². The summed E-state index contributed by atoms with van der Waals surface area (Å²) in [6.07, 6.45) is 0. The molecule has 1 aliphatic rings. The number of rotatable bonds is 1. The fourth-order valence-electron chi connectivity index (χ4n) is 1.88. The molecule has 1 aromatic carbocycles. The van der Waals surface area contributed by atoms with E-state index in [9.17, 15) is 4.79 Å². The van der Waals surface area contributed by atoms with E-state index in [0.29, 0.717) is 15.7 Å². The fourth-order valence-corrected chi connectivity index (χ4v) is 2.33. The monoisotopic (exact) mass is 288 g/mol. The standard InChI is InChI=1S/C12H15Cl2N3O/c1-16-4-6-17(7-5-16)12(18)15-11-3-2-9(13)8-10(11)14/h2-3,8H,4-7H2,1H3,(H,15,18)/p+1. The third-order valence-corrected chi connectivity index (χ3v) is 3.62. The van der Waals surface area contributed by atoms with Crippen molar-refractivity contribution in [3.8, 4) is 0 Å². The summed E-state index contributed by atoms with van der Waals surface area (Å²) in [5, 5.41) is 3.82. The van der Waals surface area contributed by atoms with Crippen LogP contribution in [0.2, 0.25) is 10.0 Å². The number of nitrogens with one attached hydrogen (secondary N) is 2. The van der Waals surface area contributed by atoms with Crippen LogP contribution in [-0.2, 0) is 0 Å². The summed E-state index contributed by atoms with van der Waals surface area (Å²) < 4.78 is 0. The molecular weight excluding hydrogens is 273 g/mol. The average Bonchev–Trinajstić information content (AvgIpc) is 2.33. The average molecular weight is 289 g/mol. The number of piperazine rings is 1. The Morgan fingerprint density at radius 2 is 2.00 bits per heavy atom. The number of halogens is 2. The number of hydrogen-bond donors (Lipinski definition) is 2. The maximum Gasteiger partial charge on any atom is 0.322 e. The van der Waals surface area contributed by atoms with Crippen molar-refractivity contribution < 1.29 is 9.69 Å². The van der Waals surface area contributed by atoms with Crippen molar-refractivity contribution in [2.45, 2.75) is 0 Å². The summed E-state index contributed by atoms with van der Waals surface area (Å²) in [6.45, 7) is 3.48. The molecule has 18 heavy (non-hydrogen) atoms. The highest BCUT2D eigenvalue weighted by Gasteiger charge is 2.21. The molecule has 0 radical (unpaired) electrons. The Balaban J connectivity index is 1.98. The summed E-state index contributed by atoms with van der Waals surface area (Å²) in [4.78, 5) is 15.3. The normalized spacial score (nSPS) is 16.7. The zero-order chi connectivity index (χ0) is 13.1. The van der Waals surface area contributed by atoms with Gasteiger partial charge in [-0.25, -0.2) is 4.79 Å². The van der Waals surface area contributed by atoms with E-state index < -0.39 is 0 Å². The van der Waals surface area contributed by atoms with Crippen molar-refractivity contribution in [3.63, 3.8) is 0 Å². The third kappa shape index (κ3) is 3.28. The van der Waals surface area contributed by atoms with Crippen LogP contribution < -0.4 is 10.2 Å². The Labute approximate surface area is 116 Å². The van der Waals surface area contributed by atoms with E-state index in [-0.39, 0.29) is 6.03 Å². The van der Waals surface area contributed by atoms with Gasteiger partial charge in [-0.3, -0.25) is 0 Å². The number of carbonyl (C=O) groups excluding carboxylic acids is 1. The Bertz CT molecular complexity index is 445. The molecule has 1 aromatic rings. The van der Waals surface area contributed by atoms with Gasteiger partial charge in [0.1, 0.15) is 0 Å². The van der Waals surface area contributed by atoms with Crippen molar-refractivity contribution in [1.29, 1.82) is 0 Å². The first kappa shape index (κ1) is 13.5. The second-order valence-electron chi connectivity index (χ2n) is 4.50. The van der Waals surface area contributed by atoms with Crippen LogP contribution in [0.4, 0.5) is 10.5 Å². The molecular formula is C12H16Cl2N3O+. The number of anilines is 1. The number of nitrogens with zero attached hydrogens (tertiary/aromatic N) is 1. The first-order chi connectivity index (χ1) is 8.56. The van der Waals surface area contributed by atoms with Gasteiger partial charge < -0.3 is 15.1 Å². The third-order valence-electron chi connectivity index (χ3n) is 3.08. The highest BCUT2D eigenvalue weighted by atomic mass is 35.5. The minimum Gasteiger partial charge on any atom is -0.334 e. The number of amides is 2. The predicted molar refractivity (Wildman–Crippen MR) is 73.7 cm³/mol. The van der Waals surface area contributed by atoms with E-state index in [4.69, 9.17) is 23.2 Å². The lowest BCUT2D eigenvalue weighted by molar-refractivity contribution is -0.883. The minimum absolute atomic E-state index is 0.105. The van der Waals surface area contributed by atoms with Crippen molar-refractivity contribution >= 4 is 34.9 Å². The summed E-state index contributed by atoms with van der Waals surface area (Å²) in [5.41, 5.74) is 0.595. The maximum absolute atomic E-state index is 12.0. The van der Waals surface area contributed by atoms with E-state index in [1.165, 1.54) is 4.90 Å². The van der Waals surface area contributed by atoms with Crippen molar-refractivity contribution in [1.82, 2.24) is 4.90 Å². The van der Waals surface area contributed by atoms with Gasteiger partial charge in [-0.15, -0.1) is 0 Å². The molecule has 4 nitrogen and oxygen atoms in total. The highest BCUT2D eigenvalue weighted by molar-refractivity contribution is 6.36. The van der Waals surface area contributed by atoms with Gasteiger partial charge in [0, 0.05) is 5.02 Å². The minimum atomic E-state index is -0.105. The van der Waals surface area contributed by atoms with Crippen LogP contribution in [0.3, 0.4) is 0 Å². The van der Waals surface area contributed by atoms with Crippen LogP contribution >= 0.6 is 23.2 Å². The zero-order valence-electron chi connectivity index (χ0n) is 10.2. The van der Waals surface area contributed by atoms with Gasteiger partial charge in [0.25, 0.3) is 0 Å². The Morgan fingerprint density at radius 1 is 1.33 bits per heavy atom. The second kappa shape index (κ2) is 5.78. The van der Waals surface area contributed by atoms with E-state index in [0.717, 1.165) is 26.2 Å². The molecule has 1 fully saturated rings. The van der Waals surface area contributed by atoms with E-state index in [2.05, 4.69) is 12.4 Å². The molecule has 98 valence electrons. The lowest BCUT2D eigenvalue weighted by atomic mass is 10.3. The molecule has 0 spiro atoms. The van der Waals surface area contributed by atoms with Gasteiger partial charge in [0.15, 0.2) is 0 Å². The number of likely N-dealkylation sites (N-methyl/N-ethyl adjacent to an activating group) is 1. The molecule has 2 N–H and O–H groups in total. The van der Waals surface area contributed by atoms with Crippen LogP contribution in [-0.4, -0.2) is 44.2 Å². The van der Waals surface area contributed by atoms with Gasteiger partial charge in [0.05, 0.1) is 43.9 Å². The Kier molecular flexibility index (Phi) is 4.32. The molecule has 1 heterocycles. The van der Waals surface area contributed by atoms with Crippen LogP contribution in [0.25, 0.3) is 0 Å². The molecule has 2 rings (SSSR count). The van der Waals surface area contributed by atoms with E-state index >= 15 is 0 Å². The summed E-state index contributed by atoms with van der Waals surface area (Å²) in [6, 6.07) is 4.93. The van der Waals surface area contributed by atoms with Gasteiger partial charge in [0.2, 0.25) is 0 Å². The SMILES string of the molecule is C[NH+]1CCN(C(=O)Nc2ccc(Cl)cc2Cl)CC1. The smallest absolute Gasteiger partial charge is 0.322 e. The maximum atomic E-state index is 12.0. The van der Waals surface area contributed by atoms with Gasteiger partial charge in [-0.05, 0) is 18.2 Å². The topological polar surface area (TPSA) is 36.8 Å². The van der Waals surface area contributed by atoms with Crippen LogP contribution in [0.15, 0.2) is 18.2 Å². The van der Waals surface area contributed by atoms with Crippen LogP contribution in [0.5, 0.6) is 0 Å². The molecule has 2 amide bonds. The van der Waals surface area contributed by atoms with Crippen molar-refractivity contribution in [3.05, 3.63) is 28.2 Å². The predicted octanol–water partition coefficient (Wildman–Crippen LogP) is 1.36. The lowest BCUT2D eigenvalue weighted by Gasteiger charge is -2.30.